The van der Waals surface area contributed by atoms with Crippen molar-refractivity contribution in [3.8, 4) is 0 Å². The molecule has 4 heteroatoms. The van der Waals surface area contributed by atoms with Crippen LogP contribution in [0.2, 0.25) is 5.28 Å². The van der Waals surface area contributed by atoms with Crippen molar-refractivity contribution in [3.63, 3.8) is 0 Å². The van der Waals surface area contributed by atoms with Gasteiger partial charge in [0.2, 0.25) is 5.28 Å². The molecule has 1 aromatic rings. The van der Waals surface area contributed by atoms with Crippen LogP contribution in [0.1, 0.15) is 26.3 Å². The molecular formula is C6H10ClN3. The monoisotopic (exact) mass is 159 g/mol. The Hall–Kier alpha value is -0.570. The van der Waals surface area contributed by atoms with Crippen LogP contribution in [0.4, 0.5) is 0 Å². The number of rotatable bonds is 2. The van der Waals surface area contributed by atoms with E-state index in [0.29, 0.717) is 11.3 Å². The maximum atomic E-state index is 5.70. The lowest BCUT2D eigenvalue weighted by molar-refractivity contribution is 0.529. The van der Waals surface area contributed by atoms with Gasteiger partial charge in [-0.1, -0.05) is 6.92 Å². The summed E-state index contributed by atoms with van der Waals surface area (Å²) >= 11 is 5.70. The highest BCUT2D eigenvalue weighted by molar-refractivity contribution is 6.28. The van der Waals surface area contributed by atoms with Gasteiger partial charge in [0.25, 0.3) is 0 Å². The number of aromatic nitrogens is 3. The minimum atomic E-state index is 0.391. The fraction of sp³-hybridized carbons (Fsp3) is 0.667. The van der Waals surface area contributed by atoms with Crippen molar-refractivity contribution in [2.24, 2.45) is 0 Å². The van der Waals surface area contributed by atoms with Gasteiger partial charge < -0.3 is 4.57 Å². The average Bonchev–Trinajstić information content (AvgIpc) is 2.34. The lowest BCUT2D eigenvalue weighted by Gasteiger charge is -2.08. The summed E-state index contributed by atoms with van der Waals surface area (Å²) in [6.45, 7) is 4.18. The fourth-order valence-electron chi connectivity index (χ4n) is 0.721. The number of nitrogens with zero attached hydrogens (tertiary/aromatic N) is 3. The number of halogens is 1. The van der Waals surface area contributed by atoms with Crippen LogP contribution in [0.25, 0.3) is 0 Å². The molecule has 0 aliphatic heterocycles. The third kappa shape index (κ3) is 1.29. The maximum Gasteiger partial charge on any atom is 0.225 e. The molecule has 56 valence electrons. The highest BCUT2D eigenvalue weighted by Crippen LogP contribution is 2.14. The molecule has 1 unspecified atom stereocenters. The molecule has 3 nitrogen and oxygen atoms in total. The molecule has 0 aliphatic carbocycles. The number of hydrogen-bond acceptors (Lipinski definition) is 2. The molecule has 0 bridgehead atoms. The Bertz CT molecular complexity index is 209. The molecule has 1 heterocycles. The smallest absolute Gasteiger partial charge is 0.225 e. The lowest BCUT2D eigenvalue weighted by atomic mass is 10.3. The molecular weight excluding hydrogens is 150 g/mol. The summed E-state index contributed by atoms with van der Waals surface area (Å²) in [4.78, 5) is 0. The van der Waals surface area contributed by atoms with Crippen LogP contribution < -0.4 is 0 Å². The highest BCUT2D eigenvalue weighted by atomic mass is 35.5. The van der Waals surface area contributed by atoms with Gasteiger partial charge in [-0.2, -0.15) is 0 Å². The van der Waals surface area contributed by atoms with Gasteiger partial charge in [0.1, 0.15) is 6.33 Å². The molecule has 0 radical (unpaired) electrons. The Morgan fingerprint density at radius 3 is 2.90 bits per heavy atom. The molecule has 0 N–H and O–H groups in total. The van der Waals surface area contributed by atoms with E-state index < -0.39 is 0 Å². The average molecular weight is 160 g/mol. The first kappa shape index (κ1) is 7.54. The van der Waals surface area contributed by atoms with Gasteiger partial charge in [0.05, 0.1) is 0 Å². The van der Waals surface area contributed by atoms with E-state index in [1.54, 1.807) is 6.33 Å². The second-order valence-corrected chi connectivity index (χ2v) is 2.60. The van der Waals surface area contributed by atoms with Crippen molar-refractivity contribution in [3.05, 3.63) is 11.6 Å². The van der Waals surface area contributed by atoms with Crippen molar-refractivity contribution < 1.29 is 0 Å². The van der Waals surface area contributed by atoms with Gasteiger partial charge in [0, 0.05) is 6.04 Å². The Morgan fingerprint density at radius 1 is 1.80 bits per heavy atom. The molecule has 1 aromatic heterocycles. The molecule has 1 atom stereocenters. The van der Waals surface area contributed by atoms with Crippen LogP contribution in [-0.2, 0) is 0 Å². The summed E-state index contributed by atoms with van der Waals surface area (Å²) in [5.74, 6) is 0. The maximum absolute atomic E-state index is 5.70. The van der Waals surface area contributed by atoms with Crippen LogP contribution >= 0.6 is 11.6 Å². The zero-order valence-electron chi connectivity index (χ0n) is 6.08. The summed E-state index contributed by atoms with van der Waals surface area (Å²) in [6.07, 6.45) is 2.69. The van der Waals surface area contributed by atoms with Gasteiger partial charge in [-0.3, -0.25) is 0 Å². The van der Waals surface area contributed by atoms with Crippen LogP contribution in [0.5, 0.6) is 0 Å². The third-order valence-corrected chi connectivity index (χ3v) is 1.87. The Labute approximate surface area is 65.0 Å². The molecule has 0 spiro atoms. The van der Waals surface area contributed by atoms with Crippen LogP contribution in [0.3, 0.4) is 0 Å². The largest absolute Gasteiger partial charge is 0.302 e. The van der Waals surface area contributed by atoms with E-state index in [2.05, 4.69) is 24.0 Å². The van der Waals surface area contributed by atoms with Gasteiger partial charge in [-0.15, -0.1) is 10.2 Å². The molecule has 0 amide bonds. The van der Waals surface area contributed by atoms with Gasteiger partial charge in [-0.05, 0) is 24.9 Å². The quantitative estimate of drug-likeness (QED) is 0.660. The summed E-state index contributed by atoms with van der Waals surface area (Å²) in [5.41, 5.74) is 0. The minimum Gasteiger partial charge on any atom is -0.302 e. The van der Waals surface area contributed by atoms with Crippen LogP contribution in [0, 0.1) is 0 Å². The van der Waals surface area contributed by atoms with E-state index in [-0.39, 0.29) is 0 Å². The van der Waals surface area contributed by atoms with Crippen molar-refractivity contribution in [2.75, 3.05) is 0 Å². The van der Waals surface area contributed by atoms with Gasteiger partial charge >= 0.3 is 0 Å². The third-order valence-electron chi connectivity index (χ3n) is 1.60. The molecule has 1 rings (SSSR count). The molecule has 0 saturated carbocycles. The molecule has 0 aliphatic rings. The van der Waals surface area contributed by atoms with E-state index in [4.69, 9.17) is 11.6 Å². The molecule has 0 aromatic carbocycles. The first-order valence-electron chi connectivity index (χ1n) is 3.30. The highest BCUT2D eigenvalue weighted by Gasteiger charge is 2.05. The standard InChI is InChI=1S/C6H10ClN3/c1-3-5(2)10-4-8-9-6(10)7/h4-5H,3H2,1-2H3. The van der Waals surface area contributed by atoms with Gasteiger partial charge in [0.15, 0.2) is 0 Å². The summed E-state index contributed by atoms with van der Waals surface area (Å²) in [5, 5.41) is 7.80. The Morgan fingerprint density at radius 2 is 2.50 bits per heavy atom. The predicted molar refractivity (Wildman–Crippen MR) is 40.0 cm³/mol. The first-order chi connectivity index (χ1) is 4.75. The van der Waals surface area contributed by atoms with Crippen molar-refractivity contribution in [1.29, 1.82) is 0 Å². The van der Waals surface area contributed by atoms with E-state index in [1.165, 1.54) is 0 Å². The predicted octanol–water partition coefficient (Wildman–Crippen LogP) is 1.90. The minimum absolute atomic E-state index is 0.391. The van der Waals surface area contributed by atoms with E-state index in [9.17, 15) is 0 Å². The van der Waals surface area contributed by atoms with E-state index in [0.717, 1.165) is 6.42 Å². The first-order valence-corrected chi connectivity index (χ1v) is 3.68. The summed E-state index contributed by atoms with van der Waals surface area (Å²) in [6, 6.07) is 0.391. The van der Waals surface area contributed by atoms with E-state index in [1.807, 2.05) is 4.57 Å². The van der Waals surface area contributed by atoms with Crippen molar-refractivity contribution >= 4 is 11.6 Å². The summed E-state index contributed by atoms with van der Waals surface area (Å²) in [7, 11) is 0. The second-order valence-electron chi connectivity index (χ2n) is 2.26. The van der Waals surface area contributed by atoms with Crippen molar-refractivity contribution in [2.45, 2.75) is 26.3 Å². The second kappa shape index (κ2) is 3.01. The molecule has 10 heavy (non-hydrogen) atoms. The molecule has 0 saturated heterocycles. The fourth-order valence-corrected chi connectivity index (χ4v) is 0.975. The normalized spacial score (nSPS) is 13.5. The SMILES string of the molecule is CCC(C)n1cnnc1Cl. The van der Waals surface area contributed by atoms with Crippen molar-refractivity contribution in [1.82, 2.24) is 14.8 Å². The lowest BCUT2D eigenvalue weighted by Crippen LogP contribution is -2.01. The zero-order valence-corrected chi connectivity index (χ0v) is 6.84. The van der Waals surface area contributed by atoms with Gasteiger partial charge in [-0.25, -0.2) is 0 Å². The Balaban J connectivity index is 2.82. The Kier molecular flexibility index (Phi) is 2.27. The zero-order chi connectivity index (χ0) is 7.56. The van der Waals surface area contributed by atoms with E-state index >= 15 is 0 Å². The van der Waals surface area contributed by atoms with Crippen LogP contribution in [-0.4, -0.2) is 14.8 Å². The van der Waals surface area contributed by atoms with Crippen LogP contribution in [0.15, 0.2) is 6.33 Å². The molecule has 0 fully saturated rings. The topological polar surface area (TPSA) is 30.7 Å². The summed E-state index contributed by atoms with van der Waals surface area (Å²) < 4.78 is 1.85. The number of hydrogen-bond donors (Lipinski definition) is 0.